The van der Waals surface area contributed by atoms with Crippen LogP contribution in [0.15, 0.2) is 23.1 Å². The second-order valence-electron chi connectivity index (χ2n) is 3.90. The molecule has 0 saturated carbocycles. The summed E-state index contributed by atoms with van der Waals surface area (Å²) in [6.07, 6.45) is 0.530. The van der Waals surface area contributed by atoms with Crippen LogP contribution in [0.4, 0.5) is 5.69 Å². The van der Waals surface area contributed by atoms with Crippen LogP contribution >= 0.6 is 0 Å². The van der Waals surface area contributed by atoms with Gasteiger partial charge < -0.3 is 5.73 Å². The predicted octanol–water partition coefficient (Wildman–Crippen LogP) is 2.05. The summed E-state index contributed by atoms with van der Waals surface area (Å²) in [7, 11) is -4.18. The van der Waals surface area contributed by atoms with Gasteiger partial charge in [-0.15, -0.1) is 0 Å². The lowest BCUT2D eigenvalue weighted by Gasteiger charge is -2.09. The molecule has 0 spiro atoms. The lowest BCUT2D eigenvalue weighted by atomic mass is 10.0. The molecule has 15 heavy (non-hydrogen) atoms. The van der Waals surface area contributed by atoms with E-state index in [4.69, 9.17) is 10.3 Å². The van der Waals surface area contributed by atoms with Crippen LogP contribution in [0, 0.1) is 5.92 Å². The first-order valence-corrected chi connectivity index (χ1v) is 6.06. The Labute approximate surface area is 89.9 Å². The van der Waals surface area contributed by atoms with Crippen LogP contribution in [0.1, 0.15) is 19.4 Å². The van der Waals surface area contributed by atoms with E-state index in [9.17, 15) is 8.42 Å². The number of nitrogens with one attached hydrogen (secondary N) is 1. The van der Waals surface area contributed by atoms with E-state index in [0.717, 1.165) is 0 Å². The van der Waals surface area contributed by atoms with Crippen molar-refractivity contribution in [2.75, 3.05) is 0 Å². The summed E-state index contributed by atoms with van der Waals surface area (Å²) in [6.45, 7) is 3.90. The Morgan fingerprint density at radius 3 is 2.47 bits per heavy atom. The zero-order chi connectivity index (χ0) is 11.6. The second-order valence-corrected chi connectivity index (χ2v) is 5.29. The highest BCUT2D eigenvalue weighted by atomic mass is 32.2. The first-order valence-electron chi connectivity index (χ1n) is 4.62. The van der Waals surface area contributed by atoms with Gasteiger partial charge >= 0.3 is 0 Å². The van der Waals surface area contributed by atoms with Gasteiger partial charge in [0, 0.05) is 0 Å². The highest BCUT2D eigenvalue weighted by Crippen LogP contribution is 2.22. The molecule has 0 fully saturated rings. The minimum Gasteiger partial charge on any atom is -0.301 e. The third-order valence-corrected chi connectivity index (χ3v) is 2.92. The summed E-state index contributed by atoms with van der Waals surface area (Å²) >= 11 is 0. The number of hydrogen-bond acceptors (Lipinski definition) is 2. The van der Waals surface area contributed by atoms with Gasteiger partial charge in [0.15, 0.2) is 0 Å². The molecule has 0 heterocycles. The second kappa shape index (κ2) is 4.20. The van der Waals surface area contributed by atoms with E-state index in [1.54, 1.807) is 0 Å². The zero-order valence-electron chi connectivity index (χ0n) is 8.69. The normalized spacial score (nSPS) is 12.0. The first-order chi connectivity index (χ1) is 6.80. The molecule has 1 aromatic carbocycles. The molecule has 0 aliphatic heterocycles. The van der Waals surface area contributed by atoms with Crippen molar-refractivity contribution in [2.45, 2.75) is 25.2 Å². The van der Waals surface area contributed by atoms with Gasteiger partial charge in [-0.3, -0.25) is 4.55 Å². The van der Waals surface area contributed by atoms with E-state index < -0.39 is 10.1 Å². The van der Waals surface area contributed by atoms with Gasteiger partial charge in [-0.1, -0.05) is 13.8 Å². The van der Waals surface area contributed by atoms with Crippen molar-refractivity contribution < 1.29 is 13.0 Å². The average Bonchev–Trinajstić information content (AvgIpc) is 1.99. The summed E-state index contributed by atoms with van der Waals surface area (Å²) in [5, 5.41) is 0. The molecule has 1 rings (SSSR count). The average molecular weight is 228 g/mol. The molecule has 0 aliphatic carbocycles. The Hall–Kier alpha value is -1.07. The molecule has 0 unspecified atom stereocenters. The van der Waals surface area contributed by atoms with Crippen molar-refractivity contribution in [1.82, 2.24) is 5.73 Å². The molecule has 0 bridgehead atoms. The van der Waals surface area contributed by atoms with Gasteiger partial charge in [-0.2, -0.15) is 8.42 Å². The quantitative estimate of drug-likeness (QED) is 0.804. The monoisotopic (exact) mass is 228 g/mol. The van der Waals surface area contributed by atoms with Crippen LogP contribution in [0.25, 0.3) is 0 Å². The summed E-state index contributed by atoms with van der Waals surface area (Å²) in [6, 6.07) is 4.10. The molecule has 2 N–H and O–H groups in total. The van der Waals surface area contributed by atoms with E-state index >= 15 is 0 Å². The maximum absolute atomic E-state index is 11.0. The predicted molar refractivity (Wildman–Crippen MR) is 57.6 cm³/mol. The molecule has 0 amide bonds. The van der Waals surface area contributed by atoms with Crippen molar-refractivity contribution in [3.05, 3.63) is 23.8 Å². The third kappa shape index (κ3) is 3.21. The zero-order valence-corrected chi connectivity index (χ0v) is 9.50. The van der Waals surface area contributed by atoms with E-state index in [1.165, 1.54) is 18.2 Å². The van der Waals surface area contributed by atoms with Gasteiger partial charge in [0.05, 0.1) is 10.6 Å². The highest BCUT2D eigenvalue weighted by Gasteiger charge is 2.16. The van der Waals surface area contributed by atoms with E-state index in [-0.39, 0.29) is 16.5 Å². The molecule has 0 aliphatic rings. The van der Waals surface area contributed by atoms with Crippen LogP contribution in [-0.4, -0.2) is 13.0 Å². The van der Waals surface area contributed by atoms with Gasteiger partial charge in [-0.25, -0.2) is 0 Å². The van der Waals surface area contributed by atoms with E-state index in [1.807, 2.05) is 13.8 Å². The maximum atomic E-state index is 11.0. The van der Waals surface area contributed by atoms with Gasteiger partial charge in [0.1, 0.15) is 0 Å². The first kappa shape index (κ1) is 12.0. The molecule has 0 saturated heterocycles. The van der Waals surface area contributed by atoms with Crippen LogP contribution < -0.4 is 5.73 Å². The number of rotatable bonds is 3. The molecular weight excluding hydrogens is 214 g/mol. The molecule has 5 heteroatoms. The summed E-state index contributed by atoms with van der Waals surface area (Å²) in [5.74, 6) is 0.271. The minimum atomic E-state index is -4.18. The van der Waals surface area contributed by atoms with Gasteiger partial charge in [0.2, 0.25) is 0 Å². The van der Waals surface area contributed by atoms with Crippen LogP contribution in [-0.2, 0) is 16.5 Å². The Morgan fingerprint density at radius 2 is 2.00 bits per heavy atom. The highest BCUT2D eigenvalue weighted by molar-refractivity contribution is 7.85. The summed E-state index contributed by atoms with van der Waals surface area (Å²) < 4.78 is 31.1. The smallest absolute Gasteiger partial charge is 0.294 e. The lowest BCUT2D eigenvalue weighted by molar-refractivity contribution is 0.481. The Morgan fingerprint density at radius 1 is 1.40 bits per heavy atom. The number of hydrogen-bond donors (Lipinski definition) is 1. The van der Waals surface area contributed by atoms with Crippen molar-refractivity contribution in [3.63, 3.8) is 0 Å². The van der Waals surface area contributed by atoms with Crippen molar-refractivity contribution in [3.8, 4) is 0 Å². The fourth-order valence-electron chi connectivity index (χ4n) is 1.43. The topological polar surface area (TPSA) is 78.2 Å². The van der Waals surface area contributed by atoms with Crippen molar-refractivity contribution in [2.24, 2.45) is 5.92 Å². The Bertz CT molecular complexity index is 452. The molecule has 1 radical (unpaired) electrons. The van der Waals surface area contributed by atoms with E-state index in [2.05, 4.69) is 0 Å². The Kier molecular flexibility index (Phi) is 3.36. The minimum absolute atomic E-state index is 0.0906. The Balaban J connectivity index is 3.27. The van der Waals surface area contributed by atoms with Gasteiger partial charge in [0.25, 0.3) is 10.1 Å². The van der Waals surface area contributed by atoms with Crippen molar-refractivity contribution in [1.29, 1.82) is 0 Å². The summed E-state index contributed by atoms with van der Waals surface area (Å²) in [5.41, 5.74) is 8.15. The molecule has 0 atom stereocenters. The maximum Gasteiger partial charge on any atom is 0.294 e. The standard InChI is InChI=1S/C10H14NO3S/c1-7(2)5-8-6-9(11)3-4-10(8)15(12,13)14/h3-4,6-7,11H,5H2,1-2H3,(H,12,13,14). The van der Waals surface area contributed by atoms with Crippen LogP contribution in [0.2, 0.25) is 0 Å². The molecule has 4 nitrogen and oxygen atoms in total. The lowest BCUT2D eigenvalue weighted by Crippen LogP contribution is -2.05. The van der Waals surface area contributed by atoms with Gasteiger partial charge in [-0.05, 0) is 36.1 Å². The molecule has 0 aromatic heterocycles. The number of benzene rings is 1. The SMILES string of the molecule is CC(C)Cc1cc([NH])ccc1S(=O)(=O)O. The van der Waals surface area contributed by atoms with E-state index in [0.29, 0.717) is 12.0 Å². The fourth-order valence-corrected chi connectivity index (χ4v) is 2.14. The van der Waals surface area contributed by atoms with Crippen molar-refractivity contribution >= 4 is 15.8 Å². The molecule has 83 valence electrons. The van der Waals surface area contributed by atoms with Crippen LogP contribution in [0.5, 0.6) is 0 Å². The summed E-state index contributed by atoms with van der Waals surface area (Å²) in [4.78, 5) is -0.0906. The third-order valence-electron chi connectivity index (χ3n) is 1.97. The molecular formula is C10H14NO3S. The largest absolute Gasteiger partial charge is 0.301 e. The molecule has 1 aromatic rings. The fraction of sp³-hybridized carbons (Fsp3) is 0.400. The van der Waals surface area contributed by atoms with Crippen LogP contribution in [0.3, 0.4) is 0 Å².